The number of aryl methyl sites for hydroxylation is 1. The van der Waals surface area contributed by atoms with E-state index in [0.717, 1.165) is 9.87 Å². The standard InChI is InChI=1S/C23H23ClN2O5S/c1-16-9-11-18(14-20(16)24)26(32(28,29)19-7-5-4-6-8-19)15-23(27)25-17-10-12-21(30-2)22(13-17)31-3/h4-14H,15H2,1-3H3,(H,25,27). The summed E-state index contributed by atoms with van der Waals surface area (Å²) in [6.07, 6.45) is 0. The summed E-state index contributed by atoms with van der Waals surface area (Å²) in [4.78, 5) is 12.9. The SMILES string of the molecule is COc1ccc(NC(=O)CN(c2ccc(C)c(Cl)c2)S(=O)(=O)c2ccccc2)cc1OC. The Morgan fingerprint density at radius 2 is 1.66 bits per heavy atom. The van der Waals surface area contributed by atoms with Gasteiger partial charge in [0.1, 0.15) is 6.54 Å². The predicted molar refractivity (Wildman–Crippen MR) is 125 cm³/mol. The van der Waals surface area contributed by atoms with Crippen LogP contribution in [0.5, 0.6) is 11.5 Å². The van der Waals surface area contributed by atoms with Crippen molar-refractivity contribution in [2.24, 2.45) is 0 Å². The molecular weight excluding hydrogens is 452 g/mol. The minimum Gasteiger partial charge on any atom is -0.493 e. The highest BCUT2D eigenvalue weighted by Crippen LogP contribution is 2.31. The van der Waals surface area contributed by atoms with Gasteiger partial charge in [-0.1, -0.05) is 35.9 Å². The van der Waals surface area contributed by atoms with E-state index in [9.17, 15) is 13.2 Å². The van der Waals surface area contributed by atoms with Crippen LogP contribution in [0.15, 0.2) is 71.6 Å². The Bertz CT molecular complexity index is 1220. The van der Waals surface area contributed by atoms with E-state index in [-0.39, 0.29) is 10.6 Å². The Morgan fingerprint density at radius 3 is 2.28 bits per heavy atom. The third-order valence-electron chi connectivity index (χ3n) is 4.73. The lowest BCUT2D eigenvalue weighted by atomic mass is 10.2. The molecule has 0 unspecified atom stereocenters. The predicted octanol–water partition coefficient (Wildman–Crippen LogP) is 4.50. The Labute approximate surface area is 192 Å². The Kier molecular flexibility index (Phi) is 7.27. The van der Waals surface area contributed by atoms with Gasteiger partial charge in [0, 0.05) is 16.8 Å². The number of benzene rings is 3. The molecule has 32 heavy (non-hydrogen) atoms. The summed E-state index contributed by atoms with van der Waals surface area (Å²) in [5.74, 6) is 0.408. The maximum atomic E-state index is 13.4. The summed E-state index contributed by atoms with van der Waals surface area (Å²) in [6.45, 7) is 1.36. The second-order valence-corrected chi connectivity index (χ2v) is 9.15. The van der Waals surface area contributed by atoms with E-state index in [2.05, 4.69) is 5.32 Å². The van der Waals surface area contributed by atoms with E-state index in [4.69, 9.17) is 21.1 Å². The van der Waals surface area contributed by atoms with Crippen LogP contribution in [0.2, 0.25) is 5.02 Å². The van der Waals surface area contributed by atoms with Gasteiger partial charge in [-0.15, -0.1) is 0 Å². The van der Waals surface area contributed by atoms with E-state index >= 15 is 0 Å². The molecule has 168 valence electrons. The lowest BCUT2D eigenvalue weighted by molar-refractivity contribution is -0.114. The molecule has 1 N–H and O–H groups in total. The number of hydrogen-bond acceptors (Lipinski definition) is 5. The van der Waals surface area contributed by atoms with Crippen molar-refractivity contribution in [3.63, 3.8) is 0 Å². The summed E-state index contributed by atoms with van der Waals surface area (Å²) < 4.78 is 38.2. The van der Waals surface area contributed by atoms with Crippen LogP contribution in [0.1, 0.15) is 5.56 Å². The number of nitrogens with zero attached hydrogens (tertiary/aromatic N) is 1. The summed E-state index contributed by atoms with van der Waals surface area (Å²) in [5.41, 5.74) is 1.51. The molecule has 0 heterocycles. The summed E-state index contributed by atoms with van der Waals surface area (Å²) >= 11 is 6.23. The third kappa shape index (κ3) is 5.15. The van der Waals surface area contributed by atoms with E-state index in [0.29, 0.717) is 22.2 Å². The van der Waals surface area contributed by atoms with Gasteiger partial charge in [0.2, 0.25) is 5.91 Å². The first-order valence-corrected chi connectivity index (χ1v) is 11.4. The van der Waals surface area contributed by atoms with Crippen LogP contribution in [-0.2, 0) is 14.8 Å². The number of carbonyl (C=O) groups excluding carboxylic acids is 1. The molecule has 3 aromatic rings. The molecule has 0 radical (unpaired) electrons. The number of sulfonamides is 1. The highest BCUT2D eigenvalue weighted by molar-refractivity contribution is 7.92. The monoisotopic (exact) mass is 474 g/mol. The first-order chi connectivity index (χ1) is 15.3. The van der Waals surface area contributed by atoms with Gasteiger partial charge in [-0.05, 0) is 48.9 Å². The second-order valence-electron chi connectivity index (χ2n) is 6.88. The van der Waals surface area contributed by atoms with Gasteiger partial charge in [0.15, 0.2) is 11.5 Å². The van der Waals surface area contributed by atoms with E-state index in [1.54, 1.807) is 48.5 Å². The van der Waals surface area contributed by atoms with Crippen molar-refractivity contribution in [3.05, 3.63) is 77.3 Å². The van der Waals surface area contributed by atoms with Crippen molar-refractivity contribution >= 4 is 38.9 Å². The minimum absolute atomic E-state index is 0.0654. The zero-order valence-corrected chi connectivity index (χ0v) is 19.4. The summed E-state index contributed by atoms with van der Waals surface area (Å²) in [5, 5.41) is 3.10. The molecule has 0 atom stereocenters. The molecule has 0 spiro atoms. The van der Waals surface area contributed by atoms with Gasteiger partial charge in [-0.2, -0.15) is 0 Å². The first kappa shape index (κ1) is 23.4. The molecule has 0 aliphatic carbocycles. The Balaban J connectivity index is 1.94. The fraction of sp³-hybridized carbons (Fsp3) is 0.174. The average Bonchev–Trinajstić information content (AvgIpc) is 2.79. The van der Waals surface area contributed by atoms with Crippen molar-refractivity contribution < 1.29 is 22.7 Å². The van der Waals surface area contributed by atoms with Gasteiger partial charge in [-0.3, -0.25) is 9.10 Å². The van der Waals surface area contributed by atoms with Crippen molar-refractivity contribution in [1.29, 1.82) is 0 Å². The lowest BCUT2D eigenvalue weighted by Gasteiger charge is -2.24. The molecule has 3 aromatic carbocycles. The number of methoxy groups -OCH3 is 2. The highest BCUT2D eigenvalue weighted by Gasteiger charge is 2.27. The Morgan fingerprint density at radius 1 is 0.969 bits per heavy atom. The van der Waals surface area contributed by atoms with Crippen molar-refractivity contribution in [1.82, 2.24) is 0 Å². The molecule has 1 amide bonds. The fourth-order valence-electron chi connectivity index (χ4n) is 3.02. The minimum atomic E-state index is -4.03. The van der Waals surface area contributed by atoms with E-state index < -0.39 is 22.5 Å². The van der Waals surface area contributed by atoms with Crippen LogP contribution in [0.4, 0.5) is 11.4 Å². The molecule has 7 nitrogen and oxygen atoms in total. The molecule has 0 saturated heterocycles. The van der Waals surface area contributed by atoms with Crippen molar-refractivity contribution in [2.45, 2.75) is 11.8 Å². The number of carbonyl (C=O) groups is 1. The molecule has 0 aromatic heterocycles. The lowest BCUT2D eigenvalue weighted by Crippen LogP contribution is -2.38. The number of amides is 1. The number of nitrogens with one attached hydrogen (secondary N) is 1. The molecular formula is C23H23ClN2O5S. The summed E-state index contributed by atoms with van der Waals surface area (Å²) in [6, 6.07) is 17.6. The largest absolute Gasteiger partial charge is 0.493 e. The molecule has 0 saturated carbocycles. The molecule has 9 heteroatoms. The summed E-state index contributed by atoms with van der Waals surface area (Å²) in [7, 11) is -1.03. The first-order valence-electron chi connectivity index (χ1n) is 9.62. The van der Waals surface area contributed by atoms with Crippen LogP contribution >= 0.6 is 11.6 Å². The molecule has 0 bridgehead atoms. The highest BCUT2D eigenvalue weighted by atomic mass is 35.5. The van der Waals surface area contributed by atoms with Crippen LogP contribution in [0.25, 0.3) is 0 Å². The fourth-order valence-corrected chi connectivity index (χ4v) is 4.63. The van der Waals surface area contributed by atoms with Gasteiger partial charge >= 0.3 is 0 Å². The van der Waals surface area contributed by atoms with Crippen LogP contribution in [-0.4, -0.2) is 35.1 Å². The Hall–Kier alpha value is -3.23. The zero-order valence-electron chi connectivity index (χ0n) is 17.8. The normalized spacial score (nSPS) is 11.0. The van der Waals surface area contributed by atoms with Gasteiger partial charge in [0.25, 0.3) is 10.0 Å². The molecule has 0 aliphatic rings. The number of hydrogen-bond donors (Lipinski definition) is 1. The van der Waals surface area contributed by atoms with Crippen LogP contribution in [0, 0.1) is 6.92 Å². The third-order valence-corrected chi connectivity index (χ3v) is 6.92. The maximum absolute atomic E-state index is 13.4. The van der Waals surface area contributed by atoms with Gasteiger partial charge in [-0.25, -0.2) is 8.42 Å². The van der Waals surface area contributed by atoms with E-state index in [1.807, 2.05) is 6.92 Å². The van der Waals surface area contributed by atoms with Gasteiger partial charge < -0.3 is 14.8 Å². The quantitative estimate of drug-likeness (QED) is 0.519. The molecule has 0 aliphatic heterocycles. The molecule has 3 rings (SSSR count). The number of halogens is 1. The number of anilines is 2. The maximum Gasteiger partial charge on any atom is 0.264 e. The van der Waals surface area contributed by atoms with Crippen molar-refractivity contribution in [3.8, 4) is 11.5 Å². The van der Waals surface area contributed by atoms with Crippen LogP contribution < -0.4 is 19.1 Å². The van der Waals surface area contributed by atoms with Gasteiger partial charge in [0.05, 0.1) is 24.8 Å². The van der Waals surface area contributed by atoms with E-state index in [1.165, 1.54) is 32.4 Å². The number of ether oxygens (including phenoxy) is 2. The van der Waals surface area contributed by atoms with Crippen molar-refractivity contribution in [2.75, 3.05) is 30.4 Å². The topological polar surface area (TPSA) is 84.9 Å². The second kappa shape index (κ2) is 9.93. The number of rotatable bonds is 8. The smallest absolute Gasteiger partial charge is 0.264 e. The zero-order chi connectivity index (χ0) is 23.3. The molecule has 0 fully saturated rings. The average molecular weight is 475 g/mol. The van der Waals surface area contributed by atoms with Crippen LogP contribution in [0.3, 0.4) is 0 Å².